The van der Waals surface area contributed by atoms with Crippen molar-refractivity contribution in [2.45, 2.75) is 26.3 Å². The summed E-state index contributed by atoms with van der Waals surface area (Å²) in [6.45, 7) is 6.66. The van der Waals surface area contributed by atoms with Gasteiger partial charge in [0.25, 0.3) is 0 Å². The van der Waals surface area contributed by atoms with Gasteiger partial charge in [0.1, 0.15) is 5.82 Å². The van der Waals surface area contributed by atoms with E-state index >= 15 is 0 Å². The van der Waals surface area contributed by atoms with Crippen LogP contribution in [0, 0.1) is 0 Å². The first-order chi connectivity index (χ1) is 9.13. The van der Waals surface area contributed by atoms with Gasteiger partial charge in [-0.25, -0.2) is 18.1 Å². The number of nitrogens with one attached hydrogen (secondary N) is 3. The molecule has 0 bridgehead atoms. The molecule has 0 saturated carbocycles. The van der Waals surface area contributed by atoms with Crippen LogP contribution in [0.3, 0.4) is 0 Å². The molecule has 3 N–H and O–H groups in total. The molecule has 114 valence electrons. The average molecular weight is 366 g/mol. The smallest absolute Gasteiger partial charge is 0.224 e. The molecule has 0 aliphatic rings. The SMILES string of the molecule is CCNc1ncc(Br)c(NCC(C)(C)NS(C)(=O)=O)n1. The first kappa shape index (κ1) is 17.1. The summed E-state index contributed by atoms with van der Waals surface area (Å²) < 4.78 is 25.8. The molecule has 1 rings (SSSR count). The maximum Gasteiger partial charge on any atom is 0.224 e. The van der Waals surface area contributed by atoms with Crippen LogP contribution in [0.2, 0.25) is 0 Å². The van der Waals surface area contributed by atoms with Crippen LogP contribution < -0.4 is 15.4 Å². The van der Waals surface area contributed by atoms with E-state index in [1.807, 2.05) is 6.92 Å². The Kier molecular flexibility index (Phi) is 5.72. The van der Waals surface area contributed by atoms with Gasteiger partial charge in [0.05, 0.1) is 10.7 Å². The molecule has 0 saturated heterocycles. The minimum atomic E-state index is -3.26. The van der Waals surface area contributed by atoms with E-state index < -0.39 is 15.6 Å². The molecular weight excluding hydrogens is 346 g/mol. The highest BCUT2D eigenvalue weighted by Gasteiger charge is 2.22. The Bertz CT molecular complexity index is 562. The van der Waals surface area contributed by atoms with Crippen molar-refractivity contribution in [2.75, 3.05) is 30.0 Å². The molecule has 20 heavy (non-hydrogen) atoms. The summed E-state index contributed by atoms with van der Waals surface area (Å²) in [5.74, 6) is 1.13. The molecule has 0 unspecified atom stereocenters. The molecule has 1 heterocycles. The largest absolute Gasteiger partial charge is 0.367 e. The lowest BCUT2D eigenvalue weighted by atomic mass is 10.1. The number of rotatable bonds is 7. The van der Waals surface area contributed by atoms with Crippen molar-refractivity contribution in [3.63, 3.8) is 0 Å². The summed E-state index contributed by atoms with van der Waals surface area (Å²) in [5.41, 5.74) is -0.629. The van der Waals surface area contributed by atoms with Gasteiger partial charge in [0, 0.05) is 24.8 Å². The Morgan fingerprint density at radius 1 is 1.35 bits per heavy atom. The topological polar surface area (TPSA) is 96.0 Å². The monoisotopic (exact) mass is 365 g/mol. The van der Waals surface area contributed by atoms with Crippen molar-refractivity contribution in [1.29, 1.82) is 0 Å². The van der Waals surface area contributed by atoms with Crippen molar-refractivity contribution < 1.29 is 8.42 Å². The molecule has 0 amide bonds. The molecular formula is C11H20BrN5O2S. The first-order valence-electron chi connectivity index (χ1n) is 6.12. The fraction of sp³-hybridized carbons (Fsp3) is 0.636. The van der Waals surface area contributed by atoms with E-state index in [0.29, 0.717) is 22.8 Å². The number of nitrogens with zero attached hydrogens (tertiary/aromatic N) is 2. The second-order valence-electron chi connectivity index (χ2n) is 5.03. The first-order valence-corrected chi connectivity index (χ1v) is 8.80. The minimum Gasteiger partial charge on any atom is -0.367 e. The van der Waals surface area contributed by atoms with Gasteiger partial charge < -0.3 is 10.6 Å². The van der Waals surface area contributed by atoms with Gasteiger partial charge in [-0.15, -0.1) is 0 Å². The van der Waals surface area contributed by atoms with Crippen LogP contribution in [0.4, 0.5) is 11.8 Å². The number of hydrogen-bond donors (Lipinski definition) is 3. The van der Waals surface area contributed by atoms with Gasteiger partial charge in [0.15, 0.2) is 0 Å². The standard InChI is InChI=1S/C11H20BrN5O2S/c1-5-13-10-14-6-8(12)9(16-10)15-7-11(2,3)17-20(4,18)19/h6,17H,5,7H2,1-4H3,(H2,13,14,15,16). The van der Waals surface area contributed by atoms with Crippen LogP contribution in [-0.4, -0.2) is 43.3 Å². The van der Waals surface area contributed by atoms with E-state index in [9.17, 15) is 8.42 Å². The zero-order valence-corrected chi connectivity index (χ0v) is 14.4. The summed E-state index contributed by atoms with van der Waals surface area (Å²) in [7, 11) is -3.26. The molecule has 0 fully saturated rings. The maximum atomic E-state index is 11.3. The fourth-order valence-electron chi connectivity index (χ4n) is 1.58. The van der Waals surface area contributed by atoms with E-state index in [1.54, 1.807) is 20.0 Å². The zero-order chi connectivity index (χ0) is 15.4. The molecule has 9 heteroatoms. The molecule has 0 aliphatic carbocycles. The molecule has 0 radical (unpaired) electrons. The van der Waals surface area contributed by atoms with E-state index in [4.69, 9.17) is 0 Å². The van der Waals surface area contributed by atoms with Crippen LogP contribution in [0.5, 0.6) is 0 Å². The van der Waals surface area contributed by atoms with Crippen molar-refractivity contribution >= 4 is 37.7 Å². The van der Waals surface area contributed by atoms with Crippen LogP contribution in [0.25, 0.3) is 0 Å². The van der Waals surface area contributed by atoms with Crippen LogP contribution in [0.15, 0.2) is 10.7 Å². The van der Waals surface area contributed by atoms with Gasteiger partial charge in [-0.3, -0.25) is 0 Å². The number of halogens is 1. The van der Waals surface area contributed by atoms with Gasteiger partial charge in [0.2, 0.25) is 16.0 Å². The quantitative estimate of drug-likeness (QED) is 0.675. The average Bonchev–Trinajstić information content (AvgIpc) is 2.27. The molecule has 1 aromatic heterocycles. The summed E-state index contributed by atoms with van der Waals surface area (Å²) in [5, 5.41) is 6.13. The molecule has 0 atom stereocenters. The molecule has 7 nitrogen and oxygen atoms in total. The van der Waals surface area contributed by atoms with E-state index in [-0.39, 0.29) is 0 Å². The summed E-state index contributed by atoms with van der Waals surface area (Å²) >= 11 is 3.36. The number of hydrogen-bond acceptors (Lipinski definition) is 6. The Hall–Kier alpha value is -0.930. The second kappa shape index (κ2) is 6.68. The fourth-order valence-corrected chi connectivity index (χ4v) is 2.98. The third-order valence-corrected chi connectivity index (χ3v) is 3.74. The third-order valence-electron chi connectivity index (χ3n) is 2.24. The third kappa shape index (κ3) is 6.02. The number of sulfonamides is 1. The van der Waals surface area contributed by atoms with Crippen LogP contribution in [0.1, 0.15) is 20.8 Å². The predicted molar refractivity (Wildman–Crippen MR) is 84.4 cm³/mol. The highest BCUT2D eigenvalue weighted by molar-refractivity contribution is 9.10. The summed E-state index contributed by atoms with van der Waals surface area (Å²) in [4.78, 5) is 8.42. The maximum absolute atomic E-state index is 11.3. The Balaban J connectivity index is 2.76. The molecule has 1 aromatic rings. The van der Waals surface area contributed by atoms with Crippen molar-refractivity contribution in [2.24, 2.45) is 0 Å². The van der Waals surface area contributed by atoms with Gasteiger partial charge in [-0.1, -0.05) is 0 Å². The molecule has 0 aliphatic heterocycles. The Morgan fingerprint density at radius 2 is 2.00 bits per heavy atom. The zero-order valence-electron chi connectivity index (χ0n) is 12.0. The van der Waals surface area contributed by atoms with E-state index in [0.717, 1.165) is 12.8 Å². The Labute approximate surface area is 128 Å². The van der Waals surface area contributed by atoms with Gasteiger partial charge in [-0.05, 0) is 36.7 Å². The minimum absolute atomic E-state index is 0.390. The second-order valence-corrected chi connectivity index (χ2v) is 7.63. The lowest BCUT2D eigenvalue weighted by molar-refractivity contribution is 0.476. The highest BCUT2D eigenvalue weighted by atomic mass is 79.9. The number of anilines is 2. The lowest BCUT2D eigenvalue weighted by Gasteiger charge is -2.25. The van der Waals surface area contributed by atoms with E-state index in [2.05, 4.69) is 41.3 Å². The molecule has 0 spiro atoms. The van der Waals surface area contributed by atoms with Crippen LogP contribution in [-0.2, 0) is 10.0 Å². The van der Waals surface area contributed by atoms with Crippen molar-refractivity contribution in [1.82, 2.24) is 14.7 Å². The van der Waals surface area contributed by atoms with Gasteiger partial charge in [-0.2, -0.15) is 4.98 Å². The lowest BCUT2D eigenvalue weighted by Crippen LogP contribution is -2.47. The molecule has 0 aromatic carbocycles. The van der Waals surface area contributed by atoms with Crippen LogP contribution >= 0.6 is 15.9 Å². The highest BCUT2D eigenvalue weighted by Crippen LogP contribution is 2.20. The number of aromatic nitrogens is 2. The van der Waals surface area contributed by atoms with E-state index in [1.165, 1.54) is 0 Å². The van der Waals surface area contributed by atoms with Crippen molar-refractivity contribution in [3.8, 4) is 0 Å². The Morgan fingerprint density at radius 3 is 2.55 bits per heavy atom. The van der Waals surface area contributed by atoms with Crippen molar-refractivity contribution in [3.05, 3.63) is 10.7 Å². The summed E-state index contributed by atoms with van der Waals surface area (Å²) in [6, 6.07) is 0. The normalized spacial score (nSPS) is 12.2. The summed E-state index contributed by atoms with van der Waals surface area (Å²) in [6.07, 6.45) is 2.78. The van der Waals surface area contributed by atoms with Gasteiger partial charge >= 0.3 is 0 Å². The predicted octanol–water partition coefficient (Wildman–Crippen LogP) is 1.41.